The van der Waals surface area contributed by atoms with Crippen molar-refractivity contribution in [3.63, 3.8) is 0 Å². The lowest BCUT2D eigenvalue weighted by Crippen LogP contribution is -2.26. The van der Waals surface area contributed by atoms with Crippen molar-refractivity contribution in [1.29, 1.82) is 0 Å². The summed E-state index contributed by atoms with van der Waals surface area (Å²) < 4.78 is 1.63. The van der Waals surface area contributed by atoms with Crippen LogP contribution in [-0.4, -0.2) is 22.8 Å². The summed E-state index contributed by atoms with van der Waals surface area (Å²) in [5.74, 6) is 0.262. The van der Waals surface area contributed by atoms with Crippen molar-refractivity contribution < 1.29 is 5.11 Å². The van der Waals surface area contributed by atoms with Gasteiger partial charge < -0.3 is 20.3 Å². The minimum Gasteiger partial charge on any atom is -0.508 e. The summed E-state index contributed by atoms with van der Waals surface area (Å²) in [6.07, 6.45) is 2.50. The van der Waals surface area contributed by atoms with Gasteiger partial charge in [0.1, 0.15) is 5.75 Å². The minimum atomic E-state index is -0.0374. The minimum absolute atomic E-state index is 0.0374. The molecule has 0 bridgehead atoms. The van der Waals surface area contributed by atoms with Gasteiger partial charge in [-0.2, -0.15) is 0 Å². The van der Waals surface area contributed by atoms with Gasteiger partial charge in [-0.15, -0.1) is 0 Å². The highest BCUT2D eigenvalue weighted by Gasteiger charge is 2.05. The summed E-state index contributed by atoms with van der Waals surface area (Å²) in [6.45, 7) is 4.34. The first-order valence-corrected chi connectivity index (χ1v) is 7.10. The molecule has 0 radical (unpaired) electrons. The molecule has 0 unspecified atom stereocenters. The van der Waals surface area contributed by atoms with Crippen LogP contribution in [0.4, 0.5) is 11.4 Å². The molecular formula is C16H21N3O2. The summed E-state index contributed by atoms with van der Waals surface area (Å²) in [5, 5.41) is 9.54. The Labute approximate surface area is 124 Å². The van der Waals surface area contributed by atoms with Crippen molar-refractivity contribution in [2.75, 3.05) is 23.7 Å². The Kier molecular flexibility index (Phi) is 4.87. The van der Waals surface area contributed by atoms with Crippen LogP contribution in [0.1, 0.15) is 13.3 Å². The van der Waals surface area contributed by atoms with Crippen LogP contribution in [0.5, 0.6) is 5.75 Å². The van der Waals surface area contributed by atoms with Crippen molar-refractivity contribution in [2.45, 2.75) is 19.9 Å². The normalized spacial score (nSPS) is 10.5. The number of aromatic nitrogens is 1. The monoisotopic (exact) mass is 287 g/mol. The predicted octanol–water partition coefficient (Wildman–Crippen LogP) is 2.05. The second-order valence-corrected chi connectivity index (χ2v) is 4.95. The number of nitrogens with two attached hydrogens (primary N) is 1. The molecule has 0 saturated heterocycles. The Balaban J connectivity index is 1.98. The van der Waals surface area contributed by atoms with Crippen LogP contribution in [0.25, 0.3) is 0 Å². The first-order valence-electron chi connectivity index (χ1n) is 7.10. The van der Waals surface area contributed by atoms with Crippen LogP contribution < -0.4 is 16.2 Å². The highest BCUT2D eigenvalue weighted by Crippen LogP contribution is 2.20. The lowest BCUT2D eigenvalue weighted by molar-refractivity contribution is 0.475. The number of phenols is 1. The third-order valence-electron chi connectivity index (χ3n) is 3.41. The largest absolute Gasteiger partial charge is 0.508 e. The van der Waals surface area contributed by atoms with Crippen LogP contribution in [0.3, 0.4) is 0 Å². The average molecular weight is 287 g/mol. The molecule has 1 aromatic carbocycles. The molecule has 5 nitrogen and oxygen atoms in total. The average Bonchev–Trinajstić information content (AvgIpc) is 2.47. The Morgan fingerprint density at radius 3 is 2.81 bits per heavy atom. The van der Waals surface area contributed by atoms with E-state index in [-0.39, 0.29) is 11.3 Å². The first kappa shape index (κ1) is 15.0. The van der Waals surface area contributed by atoms with E-state index >= 15 is 0 Å². The van der Waals surface area contributed by atoms with Crippen LogP contribution in [-0.2, 0) is 6.54 Å². The molecule has 3 N–H and O–H groups in total. The van der Waals surface area contributed by atoms with E-state index in [4.69, 9.17) is 5.73 Å². The zero-order chi connectivity index (χ0) is 15.2. The molecule has 2 rings (SSSR count). The van der Waals surface area contributed by atoms with Gasteiger partial charge in [-0.05, 0) is 31.5 Å². The first-order chi connectivity index (χ1) is 10.1. The number of hydrogen-bond acceptors (Lipinski definition) is 4. The van der Waals surface area contributed by atoms with Crippen LogP contribution in [0.15, 0.2) is 47.4 Å². The molecule has 1 aromatic heterocycles. The van der Waals surface area contributed by atoms with E-state index < -0.39 is 0 Å². The smallest absolute Gasteiger partial charge is 0.250 e. The number of rotatable bonds is 6. The second kappa shape index (κ2) is 6.83. The third-order valence-corrected chi connectivity index (χ3v) is 3.41. The van der Waals surface area contributed by atoms with Crippen LogP contribution in [0, 0.1) is 0 Å². The molecule has 0 fully saturated rings. The molecule has 2 aromatic rings. The van der Waals surface area contributed by atoms with Gasteiger partial charge in [0.2, 0.25) is 0 Å². The van der Waals surface area contributed by atoms with Crippen molar-refractivity contribution >= 4 is 11.4 Å². The van der Waals surface area contributed by atoms with E-state index in [2.05, 4.69) is 11.8 Å². The Morgan fingerprint density at radius 1 is 1.29 bits per heavy atom. The SMILES string of the molecule is CCN(CCCn1cc(N)ccc1=O)c1cccc(O)c1. The van der Waals surface area contributed by atoms with Gasteiger partial charge in [0.05, 0.1) is 0 Å². The Bertz CT molecular complexity index is 652. The number of benzene rings is 1. The molecule has 0 amide bonds. The van der Waals surface area contributed by atoms with Crippen molar-refractivity contribution in [2.24, 2.45) is 0 Å². The Morgan fingerprint density at radius 2 is 2.10 bits per heavy atom. The number of phenolic OH excluding ortho intramolecular Hbond substituents is 1. The lowest BCUT2D eigenvalue weighted by Gasteiger charge is -2.23. The molecule has 0 spiro atoms. The van der Waals surface area contributed by atoms with Gasteiger partial charge in [0.15, 0.2) is 0 Å². The molecule has 21 heavy (non-hydrogen) atoms. The summed E-state index contributed by atoms with van der Waals surface area (Å²) in [6, 6.07) is 10.3. The fraction of sp³-hybridized carbons (Fsp3) is 0.312. The number of aromatic hydroxyl groups is 1. The number of anilines is 2. The lowest BCUT2D eigenvalue weighted by atomic mass is 10.2. The molecule has 0 atom stereocenters. The van der Waals surface area contributed by atoms with E-state index in [0.29, 0.717) is 12.2 Å². The fourth-order valence-electron chi connectivity index (χ4n) is 2.32. The van der Waals surface area contributed by atoms with E-state index in [1.54, 1.807) is 29.0 Å². The molecule has 0 aliphatic rings. The Hall–Kier alpha value is -2.43. The number of nitrogens with zero attached hydrogens (tertiary/aromatic N) is 2. The molecular weight excluding hydrogens is 266 g/mol. The van der Waals surface area contributed by atoms with Crippen molar-refractivity contribution in [3.8, 4) is 5.75 Å². The van der Waals surface area contributed by atoms with E-state index in [9.17, 15) is 9.90 Å². The third kappa shape index (κ3) is 4.02. The van der Waals surface area contributed by atoms with Gasteiger partial charge in [0, 0.05) is 49.3 Å². The molecule has 0 saturated carbocycles. The predicted molar refractivity (Wildman–Crippen MR) is 85.7 cm³/mol. The van der Waals surface area contributed by atoms with Gasteiger partial charge >= 0.3 is 0 Å². The van der Waals surface area contributed by atoms with E-state index in [1.807, 2.05) is 12.1 Å². The standard InChI is InChI=1S/C16H21N3O2/c1-2-18(14-5-3-6-15(20)11-14)9-4-10-19-12-13(17)7-8-16(19)21/h3,5-8,11-12,20H,2,4,9-10,17H2,1H3. The molecule has 112 valence electrons. The summed E-state index contributed by atoms with van der Waals surface area (Å²) in [4.78, 5) is 13.9. The summed E-state index contributed by atoms with van der Waals surface area (Å²) in [7, 11) is 0. The van der Waals surface area contributed by atoms with Crippen LogP contribution >= 0.6 is 0 Å². The zero-order valence-corrected chi connectivity index (χ0v) is 12.2. The number of nitrogen functional groups attached to an aromatic ring is 1. The number of pyridine rings is 1. The van der Waals surface area contributed by atoms with E-state index in [1.165, 1.54) is 6.07 Å². The van der Waals surface area contributed by atoms with E-state index in [0.717, 1.165) is 25.2 Å². The summed E-state index contributed by atoms with van der Waals surface area (Å²) in [5.41, 5.74) is 7.23. The van der Waals surface area contributed by atoms with Gasteiger partial charge in [0.25, 0.3) is 5.56 Å². The van der Waals surface area contributed by atoms with Gasteiger partial charge in [-0.1, -0.05) is 6.07 Å². The van der Waals surface area contributed by atoms with Gasteiger partial charge in [-0.25, -0.2) is 0 Å². The number of hydrogen-bond donors (Lipinski definition) is 2. The highest BCUT2D eigenvalue weighted by atomic mass is 16.3. The van der Waals surface area contributed by atoms with Crippen molar-refractivity contribution in [1.82, 2.24) is 4.57 Å². The van der Waals surface area contributed by atoms with Crippen LogP contribution in [0.2, 0.25) is 0 Å². The molecule has 0 aliphatic heterocycles. The number of aryl methyl sites for hydroxylation is 1. The quantitative estimate of drug-likeness (QED) is 0.853. The highest BCUT2D eigenvalue weighted by molar-refractivity contribution is 5.50. The maximum absolute atomic E-state index is 11.7. The zero-order valence-electron chi connectivity index (χ0n) is 12.2. The fourth-order valence-corrected chi connectivity index (χ4v) is 2.32. The maximum Gasteiger partial charge on any atom is 0.250 e. The maximum atomic E-state index is 11.7. The van der Waals surface area contributed by atoms with Gasteiger partial charge in [-0.3, -0.25) is 4.79 Å². The topological polar surface area (TPSA) is 71.5 Å². The van der Waals surface area contributed by atoms with Crippen molar-refractivity contribution in [3.05, 3.63) is 52.9 Å². The molecule has 0 aliphatic carbocycles. The second-order valence-electron chi connectivity index (χ2n) is 4.95. The summed E-state index contributed by atoms with van der Waals surface area (Å²) >= 11 is 0. The molecule has 5 heteroatoms. The molecule has 1 heterocycles.